The van der Waals surface area contributed by atoms with Crippen molar-refractivity contribution in [1.82, 2.24) is 0 Å². The molecule has 102 valence electrons. The van der Waals surface area contributed by atoms with E-state index in [1.807, 2.05) is 19.1 Å². The topological polar surface area (TPSA) is 40.5 Å². The number of aryl methyl sites for hydroxylation is 1. The first-order valence-corrected chi connectivity index (χ1v) is 6.70. The number of fused-ring (bicyclic) bond motifs is 1. The Bertz CT molecular complexity index is 696. The first kappa shape index (κ1) is 13.2. The van der Waals surface area contributed by atoms with Crippen LogP contribution in [0.1, 0.15) is 16.7 Å². The summed E-state index contributed by atoms with van der Waals surface area (Å²) in [4.78, 5) is 14.0. The number of nitrogens with zero attached hydrogens (tertiary/aromatic N) is 1. The zero-order valence-electron chi connectivity index (χ0n) is 11.2. The number of halogens is 1. The van der Waals surface area contributed by atoms with Gasteiger partial charge in [-0.1, -0.05) is 41.4 Å². The average molecular weight is 288 g/mol. The molecule has 1 atom stereocenters. The predicted molar refractivity (Wildman–Crippen MR) is 79.0 cm³/mol. The van der Waals surface area contributed by atoms with E-state index in [1.54, 1.807) is 37.4 Å². The number of hydrogen-bond donors (Lipinski definition) is 1. The lowest BCUT2D eigenvalue weighted by atomic mass is 9.87. The molecule has 3 nitrogen and oxygen atoms in total. The summed E-state index contributed by atoms with van der Waals surface area (Å²) in [5.41, 5.74) is 1.18. The maximum atomic E-state index is 12.5. The van der Waals surface area contributed by atoms with E-state index >= 15 is 0 Å². The van der Waals surface area contributed by atoms with Crippen molar-refractivity contribution in [2.75, 3.05) is 11.9 Å². The van der Waals surface area contributed by atoms with Crippen molar-refractivity contribution in [3.05, 3.63) is 64.2 Å². The number of carbonyl (C=O) groups excluding carboxylic acids is 1. The fraction of sp³-hybridized carbons (Fsp3) is 0.188. The van der Waals surface area contributed by atoms with Gasteiger partial charge in [-0.3, -0.25) is 4.79 Å². The zero-order chi connectivity index (χ0) is 14.5. The fourth-order valence-corrected chi connectivity index (χ4v) is 2.80. The summed E-state index contributed by atoms with van der Waals surface area (Å²) < 4.78 is 0. The molecule has 0 saturated carbocycles. The van der Waals surface area contributed by atoms with Gasteiger partial charge >= 0.3 is 0 Å². The molecule has 1 aliphatic heterocycles. The van der Waals surface area contributed by atoms with Crippen LogP contribution in [0.25, 0.3) is 0 Å². The number of carbonyl (C=O) groups is 1. The predicted octanol–water partition coefficient (Wildman–Crippen LogP) is 2.86. The number of amides is 1. The third-order valence-electron chi connectivity index (χ3n) is 3.79. The molecule has 0 bridgehead atoms. The normalized spacial score (nSPS) is 21.2. The highest BCUT2D eigenvalue weighted by Crippen LogP contribution is 2.44. The van der Waals surface area contributed by atoms with Crippen LogP contribution in [0.15, 0.2) is 42.5 Å². The number of benzene rings is 2. The van der Waals surface area contributed by atoms with Gasteiger partial charge in [-0.2, -0.15) is 0 Å². The van der Waals surface area contributed by atoms with Crippen LogP contribution in [0.4, 0.5) is 5.69 Å². The maximum Gasteiger partial charge on any atom is 0.268 e. The SMILES string of the molecule is Cc1ccc([C@]2(O)C(=O)N(C)c3ccc(Cl)cc32)cc1. The summed E-state index contributed by atoms with van der Waals surface area (Å²) in [6, 6.07) is 12.4. The number of rotatable bonds is 1. The van der Waals surface area contributed by atoms with Gasteiger partial charge in [0.25, 0.3) is 5.91 Å². The van der Waals surface area contributed by atoms with Crippen LogP contribution in [-0.4, -0.2) is 18.1 Å². The van der Waals surface area contributed by atoms with Gasteiger partial charge in [-0.05, 0) is 30.7 Å². The van der Waals surface area contributed by atoms with Crippen LogP contribution in [0.2, 0.25) is 5.02 Å². The smallest absolute Gasteiger partial charge is 0.268 e. The second-order valence-corrected chi connectivity index (χ2v) is 5.54. The Morgan fingerprint density at radius 2 is 1.80 bits per heavy atom. The second-order valence-electron chi connectivity index (χ2n) is 5.10. The largest absolute Gasteiger partial charge is 0.372 e. The molecule has 0 aromatic heterocycles. The third kappa shape index (κ3) is 1.67. The summed E-state index contributed by atoms with van der Waals surface area (Å²) in [7, 11) is 1.65. The minimum absolute atomic E-state index is 0.362. The Morgan fingerprint density at radius 1 is 1.15 bits per heavy atom. The Kier molecular flexibility index (Phi) is 2.85. The van der Waals surface area contributed by atoms with Crippen molar-refractivity contribution >= 4 is 23.2 Å². The van der Waals surface area contributed by atoms with Crippen LogP contribution in [0, 0.1) is 6.92 Å². The quantitative estimate of drug-likeness (QED) is 0.876. The van der Waals surface area contributed by atoms with E-state index in [0.717, 1.165) is 5.56 Å². The molecule has 0 radical (unpaired) electrons. The monoisotopic (exact) mass is 287 g/mol. The van der Waals surface area contributed by atoms with Crippen molar-refractivity contribution in [3.8, 4) is 0 Å². The van der Waals surface area contributed by atoms with Crippen LogP contribution < -0.4 is 4.90 Å². The summed E-state index contributed by atoms with van der Waals surface area (Å²) in [5, 5.41) is 11.5. The molecule has 4 heteroatoms. The first-order chi connectivity index (χ1) is 9.44. The van der Waals surface area contributed by atoms with Crippen molar-refractivity contribution in [2.24, 2.45) is 0 Å². The fourth-order valence-electron chi connectivity index (χ4n) is 2.63. The van der Waals surface area contributed by atoms with Gasteiger partial charge in [-0.25, -0.2) is 0 Å². The van der Waals surface area contributed by atoms with Crippen molar-refractivity contribution in [1.29, 1.82) is 0 Å². The molecular formula is C16H14ClNO2. The van der Waals surface area contributed by atoms with Crippen molar-refractivity contribution in [2.45, 2.75) is 12.5 Å². The summed E-state index contributed by atoms with van der Waals surface area (Å²) in [6.45, 7) is 1.96. The van der Waals surface area contributed by atoms with Crippen LogP contribution in [0.5, 0.6) is 0 Å². The minimum Gasteiger partial charge on any atom is -0.372 e. The Hall–Kier alpha value is -1.84. The highest BCUT2D eigenvalue weighted by atomic mass is 35.5. The standard InChI is InChI=1S/C16H14ClNO2/c1-10-3-5-11(6-4-10)16(20)13-9-12(17)7-8-14(13)18(2)15(16)19/h3-9,20H,1-2H3/t16-/m1/s1. The van der Waals surface area contributed by atoms with E-state index < -0.39 is 5.60 Å². The highest BCUT2D eigenvalue weighted by Gasteiger charge is 2.49. The molecule has 0 saturated heterocycles. The molecule has 1 amide bonds. The van der Waals surface area contributed by atoms with E-state index in [-0.39, 0.29) is 5.91 Å². The Morgan fingerprint density at radius 3 is 2.45 bits per heavy atom. The van der Waals surface area contributed by atoms with Crippen LogP contribution in [0.3, 0.4) is 0 Å². The maximum absolute atomic E-state index is 12.5. The van der Waals surface area contributed by atoms with E-state index in [1.165, 1.54) is 4.90 Å². The zero-order valence-corrected chi connectivity index (χ0v) is 12.0. The lowest BCUT2D eigenvalue weighted by molar-refractivity contribution is -0.131. The third-order valence-corrected chi connectivity index (χ3v) is 4.03. The van der Waals surface area contributed by atoms with Crippen molar-refractivity contribution in [3.63, 3.8) is 0 Å². The number of likely N-dealkylation sites (N-methyl/N-ethyl adjacent to an activating group) is 1. The number of anilines is 1. The molecule has 20 heavy (non-hydrogen) atoms. The lowest BCUT2D eigenvalue weighted by Crippen LogP contribution is -2.39. The van der Waals surface area contributed by atoms with Gasteiger partial charge in [0, 0.05) is 17.6 Å². The molecule has 1 aliphatic rings. The molecule has 1 heterocycles. The second kappa shape index (κ2) is 4.33. The molecule has 2 aromatic carbocycles. The lowest BCUT2D eigenvalue weighted by Gasteiger charge is -2.22. The molecule has 0 aliphatic carbocycles. The average Bonchev–Trinajstić information content (AvgIpc) is 2.62. The Balaban J connectivity index is 2.25. The molecule has 0 unspecified atom stereocenters. The summed E-state index contributed by atoms with van der Waals surface area (Å²) in [6.07, 6.45) is 0. The van der Waals surface area contributed by atoms with Gasteiger partial charge in [0.2, 0.25) is 0 Å². The van der Waals surface area contributed by atoms with E-state index in [4.69, 9.17) is 11.6 Å². The molecule has 0 fully saturated rings. The first-order valence-electron chi connectivity index (χ1n) is 6.32. The van der Waals surface area contributed by atoms with Crippen LogP contribution in [-0.2, 0) is 10.4 Å². The summed E-state index contributed by atoms with van der Waals surface area (Å²) >= 11 is 6.02. The van der Waals surface area contributed by atoms with Gasteiger partial charge < -0.3 is 10.0 Å². The minimum atomic E-state index is -1.66. The Labute approximate surface area is 122 Å². The van der Waals surface area contributed by atoms with E-state index in [2.05, 4.69) is 0 Å². The van der Waals surface area contributed by atoms with Crippen molar-refractivity contribution < 1.29 is 9.90 Å². The summed E-state index contributed by atoms with van der Waals surface area (Å²) in [5.74, 6) is -0.362. The van der Waals surface area contributed by atoms with Gasteiger partial charge in [0.05, 0.1) is 5.69 Å². The number of aliphatic hydroxyl groups is 1. The molecule has 2 aromatic rings. The van der Waals surface area contributed by atoms with Crippen LogP contribution >= 0.6 is 11.6 Å². The molecule has 0 spiro atoms. The van der Waals surface area contributed by atoms with Gasteiger partial charge in [0.15, 0.2) is 5.60 Å². The molecular weight excluding hydrogens is 274 g/mol. The van der Waals surface area contributed by atoms with Gasteiger partial charge in [0.1, 0.15) is 0 Å². The van der Waals surface area contributed by atoms with Gasteiger partial charge in [-0.15, -0.1) is 0 Å². The highest BCUT2D eigenvalue weighted by molar-refractivity contribution is 6.31. The van der Waals surface area contributed by atoms with E-state index in [0.29, 0.717) is 21.8 Å². The number of hydrogen-bond acceptors (Lipinski definition) is 2. The molecule has 3 rings (SSSR count). The van der Waals surface area contributed by atoms with E-state index in [9.17, 15) is 9.90 Å². The molecule has 1 N–H and O–H groups in total.